The van der Waals surface area contributed by atoms with E-state index in [-0.39, 0.29) is 16.9 Å². The van der Waals surface area contributed by atoms with Gasteiger partial charge in [-0.25, -0.2) is 4.98 Å². The van der Waals surface area contributed by atoms with Crippen LogP contribution in [0.5, 0.6) is 11.5 Å². The van der Waals surface area contributed by atoms with Crippen LogP contribution in [0, 0.1) is 0 Å². The third kappa shape index (κ3) is 5.35. The highest BCUT2D eigenvalue weighted by atomic mass is 19.4. The molecule has 0 saturated carbocycles. The predicted molar refractivity (Wildman–Crippen MR) is 147 cm³/mol. The first-order valence-corrected chi connectivity index (χ1v) is 13.8. The Bertz CT molecular complexity index is 1430. The van der Waals surface area contributed by atoms with E-state index in [4.69, 9.17) is 14.2 Å². The van der Waals surface area contributed by atoms with Crippen molar-refractivity contribution in [2.24, 2.45) is 0 Å². The molecule has 10 nitrogen and oxygen atoms in total. The summed E-state index contributed by atoms with van der Waals surface area (Å²) in [5.74, 6) is 0.937. The number of nitrogens with one attached hydrogen (secondary N) is 2. The van der Waals surface area contributed by atoms with Gasteiger partial charge in [-0.15, -0.1) is 0 Å². The normalized spacial score (nSPS) is 18.5. The Kier molecular flexibility index (Phi) is 7.32. The van der Waals surface area contributed by atoms with Crippen LogP contribution in [0.25, 0.3) is 11.0 Å². The lowest BCUT2D eigenvalue weighted by Crippen LogP contribution is -2.50. The number of fused-ring (bicyclic) bond motifs is 2. The molecule has 2 aromatic heterocycles. The van der Waals surface area contributed by atoms with Gasteiger partial charge in [-0.2, -0.15) is 13.2 Å². The molecular formula is C28H33F3N6O4. The van der Waals surface area contributed by atoms with Crippen molar-refractivity contribution in [3.8, 4) is 11.5 Å². The summed E-state index contributed by atoms with van der Waals surface area (Å²) in [5.41, 5.74) is 0.600. The number of aromatic nitrogens is 2. The fourth-order valence-electron chi connectivity index (χ4n) is 5.84. The summed E-state index contributed by atoms with van der Waals surface area (Å²) in [6, 6.07) is 5.43. The van der Waals surface area contributed by atoms with Crippen LogP contribution in [0.3, 0.4) is 0 Å². The largest absolute Gasteiger partial charge is 0.485 e. The molecule has 3 aliphatic heterocycles. The number of piperidine rings is 1. The highest BCUT2D eigenvalue weighted by molar-refractivity contribution is 6.00. The third-order valence-corrected chi connectivity index (χ3v) is 7.90. The van der Waals surface area contributed by atoms with Crippen molar-refractivity contribution < 1.29 is 32.2 Å². The van der Waals surface area contributed by atoms with Crippen LogP contribution in [0.2, 0.25) is 0 Å². The summed E-state index contributed by atoms with van der Waals surface area (Å²) in [4.78, 5) is 26.6. The van der Waals surface area contributed by atoms with E-state index >= 15 is 0 Å². The van der Waals surface area contributed by atoms with E-state index in [2.05, 4.69) is 20.2 Å². The summed E-state index contributed by atoms with van der Waals surface area (Å²) in [5, 5.41) is 3.16. The summed E-state index contributed by atoms with van der Waals surface area (Å²) in [6.07, 6.45) is -1.79. The number of likely N-dealkylation sites (tertiary alicyclic amines) is 1. The van der Waals surface area contributed by atoms with E-state index in [1.54, 1.807) is 37.2 Å². The van der Waals surface area contributed by atoms with Gasteiger partial charge in [0, 0.05) is 58.6 Å². The molecule has 41 heavy (non-hydrogen) atoms. The predicted octanol–water partition coefficient (Wildman–Crippen LogP) is 4.10. The van der Waals surface area contributed by atoms with Gasteiger partial charge >= 0.3 is 6.18 Å². The SMILES string of the molecule is CN(C)c1cc(Nc2ccc(C(=O)N3CCC(N4CCOCC4)CC3)c3c2OCCO3)nc2[nH]cc(C(F)(F)F)c12. The number of anilines is 3. The minimum atomic E-state index is -4.52. The second-order valence-corrected chi connectivity index (χ2v) is 10.7. The Morgan fingerprint density at radius 2 is 1.76 bits per heavy atom. The van der Waals surface area contributed by atoms with Crippen LogP contribution >= 0.6 is 0 Å². The molecule has 0 aliphatic carbocycles. The van der Waals surface area contributed by atoms with E-state index in [1.165, 1.54) is 0 Å². The summed E-state index contributed by atoms with van der Waals surface area (Å²) >= 11 is 0. The Labute approximate surface area is 235 Å². The number of rotatable bonds is 5. The first kappa shape index (κ1) is 27.5. The molecule has 6 rings (SSSR count). The molecule has 2 N–H and O–H groups in total. The van der Waals surface area contributed by atoms with Gasteiger partial charge in [-0.1, -0.05) is 0 Å². The second-order valence-electron chi connectivity index (χ2n) is 10.7. The van der Waals surface area contributed by atoms with E-state index in [0.717, 1.165) is 45.3 Å². The van der Waals surface area contributed by atoms with Gasteiger partial charge in [0.15, 0.2) is 11.5 Å². The van der Waals surface area contributed by atoms with Crippen molar-refractivity contribution in [1.29, 1.82) is 0 Å². The zero-order chi connectivity index (χ0) is 28.7. The smallest absolute Gasteiger partial charge is 0.418 e. The monoisotopic (exact) mass is 574 g/mol. The second kappa shape index (κ2) is 10.9. The number of ether oxygens (including phenoxy) is 3. The average molecular weight is 575 g/mol. The van der Waals surface area contributed by atoms with Crippen molar-refractivity contribution in [3.05, 3.63) is 35.5 Å². The van der Waals surface area contributed by atoms with Crippen molar-refractivity contribution >= 4 is 34.1 Å². The minimum absolute atomic E-state index is 0.00648. The molecule has 3 aromatic rings. The Morgan fingerprint density at radius 3 is 2.44 bits per heavy atom. The summed E-state index contributed by atoms with van der Waals surface area (Å²) in [7, 11) is 3.35. The van der Waals surface area contributed by atoms with E-state index in [1.807, 2.05) is 4.90 Å². The molecule has 1 aromatic carbocycles. The van der Waals surface area contributed by atoms with Crippen LogP contribution in [0.4, 0.5) is 30.4 Å². The number of hydrogen-bond donors (Lipinski definition) is 2. The van der Waals surface area contributed by atoms with Gasteiger partial charge in [0.05, 0.1) is 41.1 Å². The quantitative estimate of drug-likeness (QED) is 0.471. The van der Waals surface area contributed by atoms with Crippen molar-refractivity contribution in [1.82, 2.24) is 19.8 Å². The third-order valence-electron chi connectivity index (χ3n) is 7.90. The van der Waals surface area contributed by atoms with E-state index < -0.39 is 11.7 Å². The maximum Gasteiger partial charge on any atom is 0.418 e. The maximum atomic E-state index is 13.6. The summed E-state index contributed by atoms with van der Waals surface area (Å²) < 4.78 is 58.2. The van der Waals surface area contributed by atoms with Crippen molar-refractivity contribution in [2.75, 3.05) is 76.9 Å². The van der Waals surface area contributed by atoms with E-state index in [9.17, 15) is 18.0 Å². The number of H-pyrrole nitrogens is 1. The average Bonchev–Trinajstić information content (AvgIpc) is 3.42. The van der Waals surface area contributed by atoms with Crippen molar-refractivity contribution in [3.63, 3.8) is 0 Å². The van der Waals surface area contributed by atoms with Gasteiger partial charge < -0.3 is 34.3 Å². The highest BCUT2D eigenvalue weighted by Crippen LogP contribution is 2.44. The first-order chi connectivity index (χ1) is 19.7. The topological polar surface area (TPSA) is 95.2 Å². The molecule has 2 saturated heterocycles. The molecule has 5 heterocycles. The number of benzene rings is 1. The highest BCUT2D eigenvalue weighted by Gasteiger charge is 2.36. The zero-order valence-electron chi connectivity index (χ0n) is 23.0. The molecular weight excluding hydrogens is 541 g/mol. The fourth-order valence-corrected chi connectivity index (χ4v) is 5.84. The molecule has 0 bridgehead atoms. The van der Waals surface area contributed by atoms with Crippen LogP contribution < -0.4 is 19.7 Å². The van der Waals surface area contributed by atoms with Gasteiger partial charge in [0.1, 0.15) is 24.7 Å². The number of carbonyl (C=O) groups is 1. The maximum absolute atomic E-state index is 13.6. The lowest BCUT2D eigenvalue weighted by Gasteiger charge is -2.40. The first-order valence-electron chi connectivity index (χ1n) is 13.8. The molecule has 220 valence electrons. The fraction of sp³-hybridized carbons (Fsp3) is 0.500. The van der Waals surface area contributed by atoms with Crippen molar-refractivity contribution in [2.45, 2.75) is 25.1 Å². The van der Waals surface area contributed by atoms with Crippen LogP contribution in [0.15, 0.2) is 24.4 Å². The number of morpholine rings is 1. The summed E-state index contributed by atoms with van der Waals surface area (Å²) in [6.45, 7) is 5.27. The molecule has 2 fully saturated rings. The van der Waals surface area contributed by atoms with E-state index in [0.29, 0.717) is 66.6 Å². The number of halogens is 3. The number of pyridine rings is 1. The number of nitrogens with zero attached hydrogens (tertiary/aromatic N) is 4. The minimum Gasteiger partial charge on any atom is -0.485 e. The number of amides is 1. The molecule has 1 amide bonds. The Morgan fingerprint density at radius 1 is 1.05 bits per heavy atom. The van der Waals surface area contributed by atoms with Gasteiger partial charge in [0.25, 0.3) is 5.91 Å². The number of carbonyl (C=O) groups excluding carboxylic acids is 1. The van der Waals surface area contributed by atoms with Gasteiger partial charge in [-0.3, -0.25) is 9.69 Å². The number of hydrogen-bond acceptors (Lipinski definition) is 8. The molecule has 13 heteroatoms. The Hall–Kier alpha value is -3.71. The molecule has 3 aliphatic rings. The van der Waals surface area contributed by atoms with Crippen LogP contribution in [-0.4, -0.2) is 98.4 Å². The van der Waals surface area contributed by atoms with Crippen LogP contribution in [0.1, 0.15) is 28.8 Å². The molecule has 0 radical (unpaired) electrons. The van der Waals surface area contributed by atoms with Gasteiger partial charge in [0.2, 0.25) is 0 Å². The van der Waals surface area contributed by atoms with Gasteiger partial charge in [-0.05, 0) is 25.0 Å². The molecule has 0 atom stereocenters. The molecule has 0 spiro atoms. The lowest BCUT2D eigenvalue weighted by atomic mass is 10.0. The number of aromatic amines is 1. The van der Waals surface area contributed by atoms with Crippen LogP contribution in [-0.2, 0) is 10.9 Å². The molecule has 0 unspecified atom stereocenters. The lowest BCUT2D eigenvalue weighted by molar-refractivity contribution is -0.136. The standard InChI is InChI=1S/C28H33F3N6O4/c1-35(2)21-15-22(34-26-23(21)19(16-32-26)28(29,30)31)33-20-4-3-18(24-25(20)41-14-13-40-24)27(38)37-7-5-17(6-8-37)36-9-11-39-12-10-36/h3-4,15-17H,5-14H2,1-2H3,(H2,32,33,34). The number of alkyl halides is 3. The Balaban J connectivity index is 1.25. The zero-order valence-corrected chi connectivity index (χ0v) is 23.0.